The van der Waals surface area contributed by atoms with Gasteiger partial charge in [-0.05, 0) is 38.8 Å². The lowest BCUT2D eigenvalue weighted by Gasteiger charge is -2.31. The largest absolute Gasteiger partial charge is 0.337 e. The number of fused-ring (bicyclic) bond motifs is 1. The van der Waals surface area contributed by atoms with Crippen LogP contribution in [0.2, 0.25) is 0 Å². The molecule has 0 aliphatic carbocycles. The van der Waals surface area contributed by atoms with Crippen LogP contribution in [0.25, 0.3) is 0 Å². The number of carbonyl (C=O) groups is 2. The number of rotatable bonds is 3. The number of hydrogen-bond acceptors (Lipinski definition) is 5. The van der Waals surface area contributed by atoms with Crippen LogP contribution in [0, 0.1) is 0 Å². The summed E-state index contributed by atoms with van der Waals surface area (Å²) in [4.78, 5) is 40.1. The van der Waals surface area contributed by atoms with Crippen LogP contribution >= 0.6 is 0 Å². The standard InChI is InChI=1S/C21H31N5O2/c1-16(27)26-11-6-7-19(26)21-22-13-17-14-25(12-8-18(17)23-21)20(28)15-24-9-4-2-3-5-10-24/h13,19H,2-12,14-15H2,1H3. The van der Waals surface area contributed by atoms with E-state index in [2.05, 4.69) is 9.88 Å². The Morgan fingerprint density at radius 2 is 1.86 bits per heavy atom. The molecule has 0 spiro atoms. The lowest BCUT2D eigenvalue weighted by Crippen LogP contribution is -2.43. The smallest absolute Gasteiger partial charge is 0.237 e. The highest BCUT2D eigenvalue weighted by Crippen LogP contribution is 2.30. The summed E-state index contributed by atoms with van der Waals surface area (Å²) >= 11 is 0. The molecule has 1 unspecified atom stereocenters. The van der Waals surface area contributed by atoms with E-state index in [-0.39, 0.29) is 17.9 Å². The third-order valence-corrected chi connectivity index (χ3v) is 6.32. The lowest BCUT2D eigenvalue weighted by molar-refractivity contribution is -0.133. The fourth-order valence-corrected chi connectivity index (χ4v) is 4.70. The summed E-state index contributed by atoms with van der Waals surface area (Å²) in [5, 5.41) is 0. The molecule has 7 heteroatoms. The maximum absolute atomic E-state index is 12.8. The predicted octanol–water partition coefficient (Wildman–Crippen LogP) is 1.92. The maximum atomic E-state index is 12.8. The lowest BCUT2D eigenvalue weighted by atomic mass is 10.1. The minimum absolute atomic E-state index is 0.00509. The average Bonchev–Trinajstić information content (AvgIpc) is 3.06. The molecule has 0 N–H and O–H groups in total. The van der Waals surface area contributed by atoms with E-state index in [1.54, 1.807) is 6.92 Å². The third-order valence-electron chi connectivity index (χ3n) is 6.32. The summed E-state index contributed by atoms with van der Waals surface area (Å²) in [5.41, 5.74) is 2.09. The second-order valence-electron chi connectivity index (χ2n) is 8.33. The molecule has 2 saturated heterocycles. The topological polar surface area (TPSA) is 69.6 Å². The van der Waals surface area contributed by atoms with Gasteiger partial charge in [-0.3, -0.25) is 14.5 Å². The number of carbonyl (C=O) groups excluding carboxylic acids is 2. The summed E-state index contributed by atoms with van der Waals surface area (Å²) in [7, 11) is 0. The molecule has 2 amide bonds. The van der Waals surface area contributed by atoms with E-state index in [0.29, 0.717) is 13.1 Å². The van der Waals surface area contributed by atoms with Crippen LogP contribution in [0.1, 0.15) is 68.6 Å². The van der Waals surface area contributed by atoms with Crippen LogP contribution < -0.4 is 0 Å². The monoisotopic (exact) mass is 385 g/mol. The first-order valence-corrected chi connectivity index (χ1v) is 10.7. The second-order valence-corrected chi connectivity index (χ2v) is 8.33. The Balaban J connectivity index is 1.40. The molecule has 0 bridgehead atoms. The molecule has 3 aliphatic rings. The third kappa shape index (κ3) is 4.19. The first-order chi connectivity index (χ1) is 13.6. The van der Waals surface area contributed by atoms with Gasteiger partial charge < -0.3 is 9.80 Å². The predicted molar refractivity (Wildman–Crippen MR) is 105 cm³/mol. The van der Waals surface area contributed by atoms with Gasteiger partial charge in [0.25, 0.3) is 0 Å². The van der Waals surface area contributed by atoms with E-state index >= 15 is 0 Å². The van der Waals surface area contributed by atoms with Gasteiger partial charge in [-0.1, -0.05) is 12.8 Å². The van der Waals surface area contributed by atoms with Gasteiger partial charge in [0, 0.05) is 44.7 Å². The van der Waals surface area contributed by atoms with Crippen LogP contribution in [0.4, 0.5) is 0 Å². The zero-order valence-corrected chi connectivity index (χ0v) is 16.9. The van der Waals surface area contributed by atoms with E-state index in [1.165, 1.54) is 25.7 Å². The van der Waals surface area contributed by atoms with Gasteiger partial charge in [0.2, 0.25) is 11.8 Å². The van der Waals surface area contributed by atoms with Crippen molar-refractivity contribution in [2.24, 2.45) is 0 Å². The summed E-state index contributed by atoms with van der Waals surface area (Å²) in [6.45, 7) is 6.33. The average molecular weight is 386 g/mol. The van der Waals surface area contributed by atoms with Crippen molar-refractivity contribution in [2.45, 2.75) is 64.5 Å². The zero-order chi connectivity index (χ0) is 19.5. The quantitative estimate of drug-likeness (QED) is 0.795. The molecule has 7 nitrogen and oxygen atoms in total. The molecular weight excluding hydrogens is 354 g/mol. The highest BCUT2D eigenvalue weighted by molar-refractivity contribution is 5.78. The summed E-state index contributed by atoms with van der Waals surface area (Å²) in [6, 6.07) is 0.00509. The number of nitrogens with zero attached hydrogens (tertiary/aromatic N) is 5. The van der Waals surface area contributed by atoms with Gasteiger partial charge >= 0.3 is 0 Å². The SMILES string of the molecule is CC(=O)N1CCCC1c1ncc2c(n1)CCN(C(=O)CN1CCCCCC1)C2. The molecule has 4 heterocycles. The van der Waals surface area contributed by atoms with Crippen LogP contribution in [-0.4, -0.2) is 69.2 Å². The van der Waals surface area contributed by atoms with Crippen molar-refractivity contribution in [3.05, 3.63) is 23.3 Å². The molecule has 1 atom stereocenters. The molecule has 1 aromatic rings. The Morgan fingerprint density at radius 3 is 2.61 bits per heavy atom. The van der Waals surface area contributed by atoms with Crippen molar-refractivity contribution in [3.8, 4) is 0 Å². The normalized spacial score (nSPS) is 23.4. The number of hydrogen-bond donors (Lipinski definition) is 0. The van der Waals surface area contributed by atoms with Crippen molar-refractivity contribution < 1.29 is 9.59 Å². The molecule has 4 rings (SSSR count). The molecule has 3 aliphatic heterocycles. The summed E-state index contributed by atoms with van der Waals surface area (Å²) in [6.07, 6.45) is 9.54. The van der Waals surface area contributed by atoms with Crippen molar-refractivity contribution in [1.82, 2.24) is 24.7 Å². The van der Waals surface area contributed by atoms with Gasteiger partial charge in [-0.2, -0.15) is 0 Å². The molecular formula is C21H31N5O2. The Morgan fingerprint density at radius 1 is 1.07 bits per heavy atom. The Hall–Kier alpha value is -2.02. The summed E-state index contributed by atoms with van der Waals surface area (Å²) in [5.74, 6) is 1.07. The van der Waals surface area contributed by atoms with Crippen molar-refractivity contribution in [3.63, 3.8) is 0 Å². The highest BCUT2D eigenvalue weighted by atomic mass is 16.2. The molecule has 2 fully saturated rings. The zero-order valence-electron chi connectivity index (χ0n) is 16.9. The minimum atomic E-state index is 0.00509. The molecule has 0 saturated carbocycles. The van der Waals surface area contributed by atoms with E-state index < -0.39 is 0 Å². The Kier molecular flexibility index (Phi) is 5.90. The van der Waals surface area contributed by atoms with E-state index in [9.17, 15) is 9.59 Å². The second kappa shape index (κ2) is 8.55. The molecule has 28 heavy (non-hydrogen) atoms. The van der Waals surface area contributed by atoms with Crippen molar-refractivity contribution in [2.75, 3.05) is 32.7 Å². The van der Waals surface area contributed by atoms with Gasteiger partial charge in [-0.15, -0.1) is 0 Å². The first kappa shape index (κ1) is 19.3. The Bertz CT molecular complexity index is 730. The highest BCUT2D eigenvalue weighted by Gasteiger charge is 2.31. The molecule has 0 aromatic carbocycles. The number of amides is 2. The fraction of sp³-hybridized carbons (Fsp3) is 0.714. The first-order valence-electron chi connectivity index (χ1n) is 10.7. The van der Waals surface area contributed by atoms with Crippen molar-refractivity contribution in [1.29, 1.82) is 0 Å². The van der Waals surface area contributed by atoms with Crippen LogP contribution in [-0.2, 0) is 22.6 Å². The van der Waals surface area contributed by atoms with Crippen LogP contribution in [0.5, 0.6) is 0 Å². The Labute approximate surface area is 167 Å². The fourth-order valence-electron chi connectivity index (χ4n) is 4.70. The van der Waals surface area contributed by atoms with E-state index in [0.717, 1.165) is 62.5 Å². The van der Waals surface area contributed by atoms with Crippen LogP contribution in [0.15, 0.2) is 6.20 Å². The summed E-state index contributed by atoms with van der Waals surface area (Å²) < 4.78 is 0. The van der Waals surface area contributed by atoms with Gasteiger partial charge in [0.15, 0.2) is 5.82 Å². The maximum Gasteiger partial charge on any atom is 0.237 e. The van der Waals surface area contributed by atoms with Crippen LogP contribution in [0.3, 0.4) is 0 Å². The molecule has 0 radical (unpaired) electrons. The number of likely N-dealkylation sites (tertiary alicyclic amines) is 2. The number of aromatic nitrogens is 2. The molecule has 1 aromatic heterocycles. The van der Waals surface area contributed by atoms with E-state index in [4.69, 9.17) is 4.98 Å². The van der Waals surface area contributed by atoms with E-state index in [1.807, 2.05) is 16.0 Å². The van der Waals surface area contributed by atoms with Gasteiger partial charge in [-0.25, -0.2) is 9.97 Å². The van der Waals surface area contributed by atoms with Crippen molar-refractivity contribution >= 4 is 11.8 Å². The van der Waals surface area contributed by atoms with Gasteiger partial charge in [0.05, 0.1) is 18.3 Å². The minimum Gasteiger partial charge on any atom is -0.337 e. The molecule has 152 valence electrons. The van der Waals surface area contributed by atoms with Gasteiger partial charge in [0.1, 0.15) is 0 Å².